The number of amides is 1. The van der Waals surface area contributed by atoms with Crippen molar-refractivity contribution < 1.29 is 4.79 Å². The number of carbonyl (C=O) groups excluding carboxylic acids is 1. The van der Waals surface area contributed by atoms with Crippen molar-refractivity contribution in [2.45, 2.75) is 82.5 Å². The standard InChI is InChI=1S/C24H36N4O2S2/c1-4-17-10-7-8-14-27(17)20(29)16-31-24-25-22-21(18-11-5-6-12-19(18)32-22)23(30)28(24)15-9-13-26(2)3/h17H,4-16H2,1-3H3. The molecule has 2 aromatic rings. The number of nitrogens with zero attached hydrogens (tertiary/aromatic N) is 4. The largest absolute Gasteiger partial charge is 0.339 e. The summed E-state index contributed by atoms with van der Waals surface area (Å²) >= 11 is 3.14. The van der Waals surface area contributed by atoms with E-state index in [0.717, 1.165) is 68.3 Å². The molecule has 0 N–H and O–H groups in total. The molecule has 1 aliphatic heterocycles. The molecule has 3 heterocycles. The predicted molar refractivity (Wildman–Crippen MR) is 134 cm³/mol. The minimum Gasteiger partial charge on any atom is -0.339 e. The van der Waals surface area contributed by atoms with Crippen LogP contribution in [0.1, 0.15) is 62.3 Å². The summed E-state index contributed by atoms with van der Waals surface area (Å²) < 4.78 is 1.85. The molecule has 2 aliphatic rings. The van der Waals surface area contributed by atoms with Gasteiger partial charge in [-0.25, -0.2) is 4.98 Å². The van der Waals surface area contributed by atoms with E-state index in [1.54, 1.807) is 11.3 Å². The van der Waals surface area contributed by atoms with Gasteiger partial charge in [0.25, 0.3) is 5.56 Å². The number of rotatable bonds is 8. The Balaban J connectivity index is 1.61. The number of likely N-dealkylation sites (tertiary alicyclic amines) is 1. The van der Waals surface area contributed by atoms with Crippen molar-refractivity contribution in [2.24, 2.45) is 0 Å². The molecule has 8 heteroatoms. The highest BCUT2D eigenvalue weighted by Gasteiger charge is 2.26. The van der Waals surface area contributed by atoms with Gasteiger partial charge in [0.15, 0.2) is 5.16 Å². The molecule has 0 spiro atoms. The molecule has 1 fully saturated rings. The SMILES string of the molecule is CCC1CCCCN1C(=O)CSc1nc2sc3c(c2c(=O)n1CCCN(C)C)CCCC3. The third-order valence-electron chi connectivity index (χ3n) is 6.77. The average Bonchev–Trinajstić information content (AvgIpc) is 3.17. The van der Waals surface area contributed by atoms with Gasteiger partial charge in [-0.2, -0.15) is 0 Å². The lowest BCUT2D eigenvalue weighted by molar-refractivity contribution is -0.132. The number of hydrogen-bond acceptors (Lipinski definition) is 6. The van der Waals surface area contributed by atoms with Crippen LogP contribution in [0.3, 0.4) is 0 Å². The number of hydrogen-bond donors (Lipinski definition) is 0. The Labute approximate surface area is 199 Å². The van der Waals surface area contributed by atoms with Crippen molar-refractivity contribution in [3.05, 3.63) is 20.8 Å². The Morgan fingerprint density at radius 2 is 2.03 bits per heavy atom. The zero-order chi connectivity index (χ0) is 22.7. The molecule has 0 bridgehead atoms. The van der Waals surface area contributed by atoms with Crippen LogP contribution in [0.15, 0.2) is 9.95 Å². The lowest BCUT2D eigenvalue weighted by atomic mass is 9.97. The molecule has 2 aromatic heterocycles. The van der Waals surface area contributed by atoms with Crippen LogP contribution in [-0.2, 0) is 24.2 Å². The summed E-state index contributed by atoms with van der Waals surface area (Å²) in [5.74, 6) is 0.536. The zero-order valence-electron chi connectivity index (χ0n) is 19.7. The van der Waals surface area contributed by atoms with Crippen LogP contribution < -0.4 is 5.56 Å². The minimum atomic E-state index is 0.0903. The maximum Gasteiger partial charge on any atom is 0.263 e. The molecular weight excluding hydrogens is 440 g/mol. The number of carbonyl (C=O) groups is 1. The third kappa shape index (κ3) is 5.07. The van der Waals surface area contributed by atoms with Crippen molar-refractivity contribution in [1.82, 2.24) is 19.4 Å². The molecule has 1 atom stereocenters. The lowest BCUT2D eigenvalue weighted by Gasteiger charge is -2.35. The van der Waals surface area contributed by atoms with Gasteiger partial charge < -0.3 is 9.80 Å². The first-order chi connectivity index (χ1) is 15.5. The first-order valence-electron chi connectivity index (χ1n) is 12.1. The number of thiophene rings is 1. The minimum absolute atomic E-state index is 0.0903. The van der Waals surface area contributed by atoms with Gasteiger partial charge in [0, 0.05) is 24.0 Å². The van der Waals surface area contributed by atoms with Crippen LogP contribution in [0.25, 0.3) is 10.2 Å². The van der Waals surface area contributed by atoms with Gasteiger partial charge >= 0.3 is 0 Å². The smallest absolute Gasteiger partial charge is 0.263 e. The topological polar surface area (TPSA) is 58.4 Å². The van der Waals surface area contributed by atoms with E-state index in [-0.39, 0.29) is 11.5 Å². The highest BCUT2D eigenvalue weighted by atomic mass is 32.2. The molecule has 1 saturated heterocycles. The zero-order valence-corrected chi connectivity index (χ0v) is 21.3. The van der Waals surface area contributed by atoms with Crippen LogP contribution in [0, 0.1) is 0 Å². The molecule has 1 amide bonds. The molecule has 0 radical (unpaired) electrons. The second kappa shape index (κ2) is 10.7. The first-order valence-corrected chi connectivity index (χ1v) is 13.9. The van der Waals surface area contributed by atoms with Gasteiger partial charge in [0.1, 0.15) is 4.83 Å². The fourth-order valence-electron chi connectivity index (χ4n) is 5.03. The Kier molecular flexibility index (Phi) is 7.95. The van der Waals surface area contributed by atoms with Gasteiger partial charge in [-0.15, -0.1) is 11.3 Å². The van der Waals surface area contributed by atoms with E-state index in [1.165, 1.54) is 35.0 Å². The second-order valence-corrected chi connectivity index (χ2v) is 11.4. The van der Waals surface area contributed by atoms with Crippen LogP contribution >= 0.6 is 23.1 Å². The molecule has 4 rings (SSSR count). The number of aromatic nitrogens is 2. The summed E-state index contributed by atoms with van der Waals surface area (Å²) in [6, 6.07) is 0.360. The van der Waals surface area contributed by atoms with E-state index in [2.05, 4.69) is 30.8 Å². The van der Waals surface area contributed by atoms with Crippen molar-refractivity contribution in [1.29, 1.82) is 0 Å². The van der Waals surface area contributed by atoms with Crippen molar-refractivity contribution in [2.75, 3.05) is 32.9 Å². The summed E-state index contributed by atoms with van der Waals surface area (Å²) in [5.41, 5.74) is 1.33. The summed E-state index contributed by atoms with van der Waals surface area (Å²) in [5, 5.41) is 1.55. The highest BCUT2D eigenvalue weighted by molar-refractivity contribution is 7.99. The third-order valence-corrected chi connectivity index (χ3v) is 8.92. The number of thioether (sulfide) groups is 1. The van der Waals surface area contributed by atoms with E-state index in [9.17, 15) is 9.59 Å². The van der Waals surface area contributed by atoms with E-state index >= 15 is 0 Å². The fraction of sp³-hybridized carbons (Fsp3) is 0.708. The van der Waals surface area contributed by atoms with Gasteiger partial charge in [0.05, 0.1) is 11.1 Å². The molecule has 176 valence electrons. The van der Waals surface area contributed by atoms with Gasteiger partial charge in [-0.05, 0) is 84.0 Å². The Bertz CT molecular complexity index is 1010. The maximum atomic E-state index is 13.6. The van der Waals surface area contributed by atoms with Crippen molar-refractivity contribution >= 4 is 39.2 Å². The summed E-state index contributed by atoms with van der Waals surface area (Å²) in [4.78, 5) is 38.0. The number of piperidine rings is 1. The van der Waals surface area contributed by atoms with Gasteiger partial charge in [-0.1, -0.05) is 18.7 Å². The number of aryl methyl sites for hydroxylation is 2. The molecule has 1 unspecified atom stereocenters. The van der Waals surface area contributed by atoms with E-state index in [1.807, 2.05) is 4.57 Å². The fourth-order valence-corrected chi connectivity index (χ4v) is 7.25. The average molecular weight is 477 g/mol. The Morgan fingerprint density at radius 1 is 1.22 bits per heavy atom. The second-order valence-electron chi connectivity index (χ2n) is 9.33. The summed E-state index contributed by atoms with van der Waals surface area (Å²) in [6.07, 6.45) is 9.70. The van der Waals surface area contributed by atoms with Crippen LogP contribution in [0.4, 0.5) is 0 Å². The predicted octanol–water partition coefficient (Wildman–Crippen LogP) is 4.17. The van der Waals surface area contributed by atoms with Gasteiger partial charge in [0.2, 0.25) is 5.91 Å². The van der Waals surface area contributed by atoms with Crippen molar-refractivity contribution in [3.63, 3.8) is 0 Å². The highest BCUT2D eigenvalue weighted by Crippen LogP contribution is 2.35. The Morgan fingerprint density at radius 3 is 2.81 bits per heavy atom. The normalized spacial score (nSPS) is 19.0. The molecular formula is C24H36N4O2S2. The molecule has 0 aromatic carbocycles. The van der Waals surface area contributed by atoms with E-state index in [4.69, 9.17) is 4.98 Å². The first kappa shape index (κ1) is 23.8. The monoisotopic (exact) mass is 476 g/mol. The van der Waals surface area contributed by atoms with E-state index in [0.29, 0.717) is 23.5 Å². The van der Waals surface area contributed by atoms with Crippen molar-refractivity contribution in [3.8, 4) is 0 Å². The van der Waals surface area contributed by atoms with Crippen LogP contribution in [0.5, 0.6) is 0 Å². The van der Waals surface area contributed by atoms with Gasteiger partial charge in [-0.3, -0.25) is 14.2 Å². The molecule has 1 aliphatic carbocycles. The van der Waals surface area contributed by atoms with Crippen LogP contribution in [-0.4, -0.2) is 64.2 Å². The quantitative estimate of drug-likeness (QED) is 0.423. The molecule has 6 nitrogen and oxygen atoms in total. The van der Waals surface area contributed by atoms with E-state index < -0.39 is 0 Å². The molecule has 32 heavy (non-hydrogen) atoms. The number of fused-ring (bicyclic) bond motifs is 3. The molecule has 0 saturated carbocycles. The Hall–Kier alpha value is -1.38. The van der Waals surface area contributed by atoms with Crippen LogP contribution in [0.2, 0.25) is 0 Å². The summed E-state index contributed by atoms with van der Waals surface area (Å²) in [7, 11) is 4.10. The maximum absolute atomic E-state index is 13.6. The summed E-state index contributed by atoms with van der Waals surface area (Å²) in [6.45, 7) is 4.58. The lowest BCUT2D eigenvalue weighted by Crippen LogP contribution is -2.44.